The highest BCUT2D eigenvalue weighted by Gasteiger charge is 2.11. The van der Waals surface area contributed by atoms with Crippen LogP contribution < -0.4 is 0 Å². The zero-order chi connectivity index (χ0) is 13.5. The molecule has 1 aromatic rings. The van der Waals surface area contributed by atoms with E-state index in [0.717, 1.165) is 25.7 Å². The summed E-state index contributed by atoms with van der Waals surface area (Å²) in [7, 11) is 0. The average Bonchev–Trinajstić information content (AvgIpc) is 2.36. The molecule has 0 bridgehead atoms. The Hall–Kier alpha value is -1.31. The second-order valence-corrected chi connectivity index (χ2v) is 4.69. The lowest BCUT2D eigenvalue weighted by molar-refractivity contribution is -0.136. The molecule has 0 heterocycles. The molecule has 2 heteroatoms. The predicted octanol–water partition coefficient (Wildman–Crippen LogP) is 3.78. The zero-order valence-corrected chi connectivity index (χ0v) is 11.8. The fraction of sp³-hybridized carbons (Fsp3) is 0.562. The largest absolute Gasteiger partial charge is 0.481 e. The molecule has 0 saturated heterocycles. The Morgan fingerprint density at radius 1 is 1.00 bits per heavy atom. The molecular formula is C16H24O2. The summed E-state index contributed by atoms with van der Waals surface area (Å²) < 4.78 is 0. The van der Waals surface area contributed by atoms with Crippen molar-refractivity contribution in [2.75, 3.05) is 0 Å². The number of hydrogen-bond acceptors (Lipinski definition) is 1. The molecule has 0 aromatic heterocycles. The van der Waals surface area contributed by atoms with Crippen LogP contribution in [-0.4, -0.2) is 11.1 Å². The van der Waals surface area contributed by atoms with E-state index in [0.29, 0.717) is 6.42 Å². The maximum Gasteiger partial charge on any atom is 0.303 e. The molecule has 1 N–H and O–H groups in total. The van der Waals surface area contributed by atoms with Gasteiger partial charge in [-0.2, -0.15) is 0 Å². The van der Waals surface area contributed by atoms with E-state index in [-0.39, 0.29) is 6.42 Å². The van der Waals surface area contributed by atoms with E-state index >= 15 is 0 Å². The van der Waals surface area contributed by atoms with Crippen LogP contribution in [0.2, 0.25) is 0 Å². The van der Waals surface area contributed by atoms with E-state index in [9.17, 15) is 4.79 Å². The van der Waals surface area contributed by atoms with Crippen molar-refractivity contribution in [2.45, 2.75) is 59.3 Å². The van der Waals surface area contributed by atoms with Crippen molar-refractivity contribution in [3.8, 4) is 0 Å². The maximum atomic E-state index is 10.7. The van der Waals surface area contributed by atoms with Crippen molar-refractivity contribution in [3.05, 3.63) is 34.4 Å². The summed E-state index contributed by atoms with van der Waals surface area (Å²) in [5.74, 6) is -0.714. The zero-order valence-electron chi connectivity index (χ0n) is 11.8. The maximum absolute atomic E-state index is 10.7. The van der Waals surface area contributed by atoms with Gasteiger partial charge in [0, 0.05) is 6.42 Å². The van der Waals surface area contributed by atoms with Crippen molar-refractivity contribution in [1.82, 2.24) is 0 Å². The van der Waals surface area contributed by atoms with E-state index in [1.54, 1.807) is 0 Å². The Labute approximate surface area is 110 Å². The molecule has 0 aliphatic carbocycles. The third kappa shape index (κ3) is 3.59. The number of hydrogen-bond donors (Lipinski definition) is 1. The van der Waals surface area contributed by atoms with Gasteiger partial charge in [-0.05, 0) is 47.9 Å². The van der Waals surface area contributed by atoms with Crippen LogP contribution in [0.15, 0.2) is 12.1 Å². The Balaban J connectivity index is 3.10. The Morgan fingerprint density at radius 2 is 1.67 bits per heavy atom. The summed E-state index contributed by atoms with van der Waals surface area (Å²) in [4.78, 5) is 10.7. The minimum absolute atomic E-state index is 0.226. The lowest BCUT2D eigenvalue weighted by Gasteiger charge is -2.17. The van der Waals surface area contributed by atoms with Gasteiger partial charge in [0.2, 0.25) is 0 Å². The minimum Gasteiger partial charge on any atom is -0.481 e. The normalized spacial score (nSPS) is 10.6. The van der Waals surface area contributed by atoms with E-state index in [4.69, 9.17) is 5.11 Å². The molecule has 2 nitrogen and oxygen atoms in total. The summed E-state index contributed by atoms with van der Waals surface area (Å²) in [6.45, 7) is 6.55. The molecule has 0 spiro atoms. The first-order chi connectivity index (χ1) is 8.63. The third-order valence-electron chi connectivity index (χ3n) is 3.47. The fourth-order valence-electron chi connectivity index (χ4n) is 2.60. The van der Waals surface area contributed by atoms with Crippen LogP contribution in [0.5, 0.6) is 0 Å². The van der Waals surface area contributed by atoms with Crippen LogP contribution in [0.25, 0.3) is 0 Å². The lowest BCUT2D eigenvalue weighted by Crippen LogP contribution is -2.06. The van der Waals surface area contributed by atoms with Crippen molar-refractivity contribution in [1.29, 1.82) is 0 Å². The summed E-state index contributed by atoms with van der Waals surface area (Å²) in [5, 5.41) is 8.81. The van der Waals surface area contributed by atoms with Crippen LogP contribution in [0.4, 0.5) is 0 Å². The number of carbonyl (C=O) groups is 1. The van der Waals surface area contributed by atoms with Crippen LogP contribution >= 0.6 is 0 Å². The second kappa shape index (κ2) is 7.20. The van der Waals surface area contributed by atoms with Gasteiger partial charge in [-0.1, -0.05) is 39.3 Å². The molecule has 0 aliphatic heterocycles. The minimum atomic E-state index is -0.714. The van der Waals surface area contributed by atoms with E-state index in [1.807, 2.05) is 0 Å². The van der Waals surface area contributed by atoms with Crippen molar-refractivity contribution in [2.24, 2.45) is 0 Å². The molecule has 18 heavy (non-hydrogen) atoms. The molecule has 1 rings (SSSR count). The predicted molar refractivity (Wildman–Crippen MR) is 75.1 cm³/mol. The van der Waals surface area contributed by atoms with Crippen LogP contribution in [0.1, 0.15) is 55.9 Å². The summed E-state index contributed by atoms with van der Waals surface area (Å²) in [5.41, 5.74) is 5.50. The number of aliphatic carboxylic acids is 1. The molecule has 0 unspecified atom stereocenters. The Morgan fingerprint density at radius 3 is 2.17 bits per heavy atom. The van der Waals surface area contributed by atoms with Crippen LogP contribution in [0.3, 0.4) is 0 Å². The van der Waals surface area contributed by atoms with Crippen LogP contribution in [0, 0.1) is 0 Å². The van der Waals surface area contributed by atoms with Gasteiger partial charge in [0.1, 0.15) is 0 Å². The standard InChI is InChI=1S/C16H24O2/c1-4-7-15-12(5-2)8-9-13(14(15)6-3)10-11-16(17)18/h8-9H,4-7,10-11H2,1-3H3,(H,17,18). The van der Waals surface area contributed by atoms with Gasteiger partial charge in [0.25, 0.3) is 0 Å². The number of benzene rings is 1. The Kier molecular flexibility index (Phi) is 5.90. The Bertz CT molecular complexity index is 408. The lowest BCUT2D eigenvalue weighted by atomic mass is 9.89. The number of aryl methyl sites for hydroxylation is 2. The summed E-state index contributed by atoms with van der Waals surface area (Å²) in [6, 6.07) is 4.31. The van der Waals surface area contributed by atoms with Gasteiger partial charge in [0.15, 0.2) is 0 Å². The molecular weight excluding hydrogens is 224 g/mol. The number of rotatable bonds is 7. The molecule has 0 aliphatic rings. The molecule has 100 valence electrons. The summed E-state index contributed by atoms with van der Waals surface area (Å²) in [6.07, 6.45) is 5.18. The van der Waals surface area contributed by atoms with Crippen molar-refractivity contribution in [3.63, 3.8) is 0 Å². The van der Waals surface area contributed by atoms with E-state index in [2.05, 4.69) is 32.9 Å². The average molecular weight is 248 g/mol. The monoisotopic (exact) mass is 248 g/mol. The van der Waals surface area contributed by atoms with Crippen molar-refractivity contribution < 1.29 is 9.90 Å². The topological polar surface area (TPSA) is 37.3 Å². The molecule has 0 fully saturated rings. The van der Waals surface area contributed by atoms with Crippen LogP contribution in [-0.2, 0) is 30.5 Å². The van der Waals surface area contributed by atoms with Gasteiger partial charge >= 0.3 is 5.97 Å². The molecule has 0 saturated carbocycles. The number of carboxylic acids is 1. The van der Waals surface area contributed by atoms with E-state index in [1.165, 1.54) is 22.3 Å². The van der Waals surface area contributed by atoms with Gasteiger partial charge in [-0.15, -0.1) is 0 Å². The van der Waals surface area contributed by atoms with Gasteiger partial charge in [0.05, 0.1) is 0 Å². The quantitative estimate of drug-likeness (QED) is 0.797. The molecule has 0 radical (unpaired) electrons. The molecule has 0 atom stereocenters. The second-order valence-electron chi connectivity index (χ2n) is 4.69. The molecule has 1 aromatic carbocycles. The fourth-order valence-corrected chi connectivity index (χ4v) is 2.60. The first-order valence-electron chi connectivity index (χ1n) is 6.98. The smallest absolute Gasteiger partial charge is 0.303 e. The number of carboxylic acid groups (broad SMARTS) is 1. The highest BCUT2D eigenvalue weighted by atomic mass is 16.4. The SMILES string of the molecule is CCCc1c(CC)ccc(CCC(=O)O)c1CC. The third-order valence-corrected chi connectivity index (χ3v) is 3.47. The highest BCUT2D eigenvalue weighted by Crippen LogP contribution is 2.23. The van der Waals surface area contributed by atoms with Crippen molar-refractivity contribution >= 4 is 5.97 Å². The summed E-state index contributed by atoms with van der Waals surface area (Å²) >= 11 is 0. The van der Waals surface area contributed by atoms with Gasteiger partial charge in [-0.25, -0.2) is 0 Å². The van der Waals surface area contributed by atoms with Gasteiger partial charge < -0.3 is 5.11 Å². The first kappa shape index (κ1) is 14.7. The highest BCUT2D eigenvalue weighted by molar-refractivity contribution is 5.67. The van der Waals surface area contributed by atoms with E-state index < -0.39 is 5.97 Å². The first-order valence-corrected chi connectivity index (χ1v) is 6.98. The van der Waals surface area contributed by atoms with Gasteiger partial charge in [-0.3, -0.25) is 4.79 Å². The molecule has 0 amide bonds.